The van der Waals surface area contributed by atoms with E-state index in [2.05, 4.69) is 146 Å². The van der Waals surface area contributed by atoms with Gasteiger partial charge in [0.2, 0.25) is 0 Å². The molecule has 5 aromatic rings. The van der Waals surface area contributed by atoms with Crippen LogP contribution in [0.25, 0.3) is 0 Å². The first-order valence-corrected chi connectivity index (χ1v) is 16.8. The van der Waals surface area contributed by atoms with Crippen LogP contribution >= 0.6 is 0 Å². The molecule has 2 heterocycles. The van der Waals surface area contributed by atoms with Crippen LogP contribution in [-0.4, -0.2) is 38.5 Å². The molecule has 1 aromatic heterocycles. The topological polar surface area (TPSA) is 97.9 Å². The first-order chi connectivity index (χ1) is 23.2. The van der Waals surface area contributed by atoms with Crippen LogP contribution in [0.15, 0.2) is 115 Å². The Balaban J connectivity index is 1.37. The summed E-state index contributed by atoms with van der Waals surface area (Å²) in [5, 5.41) is 26.7. The summed E-state index contributed by atoms with van der Waals surface area (Å²) in [6.45, 7) is 8.86. The average molecular weight is 639 g/mol. The molecule has 1 aliphatic rings. The number of nitrogens with zero attached hydrogens (tertiary/aromatic N) is 5. The first-order valence-electron chi connectivity index (χ1n) is 16.8. The third-order valence-corrected chi connectivity index (χ3v) is 9.78. The van der Waals surface area contributed by atoms with E-state index in [9.17, 15) is 5.26 Å². The van der Waals surface area contributed by atoms with Crippen molar-refractivity contribution in [3.8, 4) is 6.07 Å². The Bertz CT molecular complexity index is 1690. The molecule has 0 aliphatic carbocycles. The fourth-order valence-corrected chi connectivity index (χ4v) is 6.52. The summed E-state index contributed by atoms with van der Waals surface area (Å²) in [5.74, 6) is 0.752. The molecule has 8 nitrogen and oxygen atoms in total. The van der Waals surface area contributed by atoms with Gasteiger partial charge in [0, 0.05) is 0 Å². The third kappa shape index (κ3) is 6.97. The zero-order chi connectivity index (χ0) is 33.6. The van der Waals surface area contributed by atoms with Gasteiger partial charge in [-0.1, -0.05) is 116 Å². The lowest BCUT2D eigenvalue weighted by Gasteiger charge is -2.40. The molecular weight excluding hydrogens is 595 g/mol. The maximum Gasteiger partial charge on any atom is 0.457 e. The minimum absolute atomic E-state index is 0.225. The molecule has 0 saturated carbocycles. The standard InChI is InChI=1S/C39H43BN6O2/c1-37(2)38(3,4)48-40(47-37)27-15-14-22-35(36-43-44-45-46(36)29-31-25-23-30(28-41)24-26-31)42-39(32-16-8-5-9-17-32,33-18-10-6-11-19-33)34-20-12-7-13-21-34/h5-13,16-21,23-26,35,42H,14-15,22,27,29H2,1-4H3. The molecular formula is C39H43BN6O2. The van der Waals surface area contributed by atoms with Crippen LogP contribution in [0, 0.1) is 11.3 Å². The molecule has 1 unspecified atom stereocenters. The fraction of sp³-hybridized carbons (Fsp3) is 0.333. The summed E-state index contributed by atoms with van der Waals surface area (Å²) in [7, 11) is -0.236. The van der Waals surface area contributed by atoms with Gasteiger partial charge >= 0.3 is 7.12 Å². The molecule has 6 rings (SSSR count). The molecule has 1 N–H and O–H groups in total. The number of nitriles is 1. The lowest BCUT2D eigenvalue weighted by atomic mass is 9.76. The number of unbranched alkanes of at least 4 members (excludes halogenated alkanes) is 1. The van der Waals surface area contributed by atoms with E-state index in [0.717, 1.165) is 53.7 Å². The quantitative estimate of drug-likeness (QED) is 0.0812. The summed E-state index contributed by atoms with van der Waals surface area (Å²) < 4.78 is 14.5. The smallest absolute Gasteiger partial charge is 0.403 e. The molecule has 1 aliphatic heterocycles. The molecule has 244 valence electrons. The van der Waals surface area contributed by atoms with Gasteiger partial charge in [-0.3, -0.25) is 5.32 Å². The minimum Gasteiger partial charge on any atom is -0.403 e. The van der Waals surface area contributed by atoms with Crippen molar-refractivity contribution in [3.05, 3.63) is 149 Å². The lowest BCUT2D eigenvalue weighted by Crippen LogP contribution is -2.47. The van der Waals surface area contributed by atoms with Gasteiger partial charge in [-0.25, -0.2) is 4.68 Å². The van der Waals surface area contributed by atoms with Gasteiger partial charge < -0.3 is 9.31 Å². The van der Waals surface area contributed by atoms with E-state index in [1.54, 1.807) is 0 Å². The molecule has 0 amide bonds. The maximum absolute atomic E-state index is 9.30. The van der Waals surface area contributed by atoms with E-state index in [1.807, 2.05) is 28.9 Å². The summed E-state index contributed by atoms with van der Waals surface area (Å²) in [6.07, 6.45) is 3.40. The van der Waals surface area contributed by atoms with Crippen LogP contribution in [0.2, 0.25) is 6.32 Å². The largest absolute Gasteiger partial charge is 0.457 e. The van der Waals surface area contributed by atoms with Crippen molar-refractivity contribution in [2.45, 2.75) is 82.6 Å². The van der Waals surface area contributed by atoms with Gasteiger partial charge in [0.15, 0.2) is 5.82 Å². The predicted molar refractivity (Wildman–Crippen MR) is 188 cm³/mol. The Morgan fingerprint density at radius 2 is 1.29 bits per heavy atom. The first kappa shape index (κ1) is 33.3. The van der Waals surface area contributed by atoms with Gasteiger partial charge in [0.05, 0.1) is 41.0 Å². The highest BCUT2D eigenvalue weighted by molar-refractivity contribution is 6.45. The summed E-state index contributed by atoms with van der Waals surface area (Å²) in [4.78, 5) is 0. The second kappa shape index (κ2) is 14.2. The Hall–Kier alpha value is -4.62. The molecule has 0 spiro atoms. The number of aromatic nitrogens is 4. The van der Waals surface area contributed by atoms with Crippen LogP contribution in [0.4, 0.5) is 0 Å². The third-order valence-electron chi connectivity index (χ3n) is 9.78. The normalized spacial score (nSPS) is 16.0. The summed E-state index contributed by atoms with van der Waals surface area (Å²) in [5.41, 5.74) is 3.59. The van der Waals surface area contributed by atoms with E-state index in [1.165, 1.54) is 0 Å². The highest BCUT2D eigenvalue weighted by Crippen LogP contribution is 2.41. The monoisotopic (exact) mass is 638 g/mol. The summed E-state index contributed by atoms with van der Waals surface area (Å²) in [6, 6.07) is 41.3. The van der Waals surface area contributed by atoms with Crippen molar-refractivity contribution >= 4 is 7.12 Å². The predicted octanol–water partition coefficient (Wildman–Crippen LogP) is 7.48. The Labute approximate surface area is 284 Å². The molecule has 0 bridgehead atoms. The number of hydrogen-bond donors (Lipinski definition) is 1. The number of nitrogens with one attached hydrogen (secondary N) is 1. The van der Waals surface area contributed by atoms with Crippen LogP contribution in [-0.2, 0) is 21.4 Å². The highest BCUT2D eigenvalue weighted by atomic mass is 16.7. The zero-order valence-corrected chi connectivity index (χ0v) is 28.2. The second-order valence-corrected chi connectivity index (χ2v) is 13.5. The Kier molecular flexibility index (Phi) is 9.88. The van der Waals surface area contributed by atoms with Crippen LogP contribution in [0.1, 0.15) is 86.6 Å². The molecule has 9 heteroatoms. The molecule has 1 atom stereocenters. The summed E-state index contributed by atoms with van der Waals surface area (Å²) >= 11 is 0. The van der Waals surface area contributed by atoms with E-state index in [4.69, 9.17) is 9.31 Å². The van der Waals surface area contributed by atoms with Crippen molar-refractivity contribution in [2.75, 3.05) is 0 Å². The molecule has 4 aromatic carbocycles. The molecule has 1 fully saturated rings. The molecule has 48 heavy (non-hydrogen) atoms. The highest BCUT2D eigenvalue weighted by Gasteiger charge is 2.50. The van der Waals surface area contributed by atoms with Crippen molar-refractivity contribution in [1.29, 1.82) is 5.26 Å². The number of tetrazole rings is 1. The maximum atomic E-state index is 9.30. The van der Waals surface area contributed by atoms with Gasteiger partial charge in [-0.15, -0.1) is 5.10 Å². The second-order valence-electron chi connectivity index (χ2n) is 13.5. The van der Waals surface area contributed by atoms with Crippen LogP contribution in [0.5, 0.6) is 0 Å². The van der Waals surface area contributed by atoms with Gasteiger partial charge in [0.1, 0.15) is 0 Å². The zero-order valence-electron chi connectivity index (χ0n) is 28.2. The van der Waals surface area contributed by atoms with Crippen molar-refractivity contribution in [1.82, 2.24) is 25.5 Å². The SMILES string of the molecule is CC1(C)OB(CCCCC(NC(c2ccccc2)(c2ccccc2)c2ccccc2)c2nnnn2Cc2ccc(C#N)cc2)OC1(C)C. The van der Waals surface area contributed by atoms with E-state index >= 15 is 0 Å². The number of rotatable bonds is 13. The van der Waals surface area contributed by atoms with E-state index in [-0.39, 0.29) is 24.4 Å². The van der Waals surface area contributed by atoms with Gasteiger partial charge in [-0.05, 0) is 85.2 Å². The van der Waals surface area contributed by atoms with Crippen molar-refractivity contribution < 1.29 is 9.31 Å². The van der Waals surface area contributed by atoms with Crippen LogP contribution < -0.4 is 5.32 Å². The number of benzene rings is 4. The van der Waals surface area contributed by atoms with E-state index < -0.39 is 5.54 Å². The van der Waals surface area contributed by atoms with Crippen molar-refractivity contribution in [2.24, 2.45) is 0 Å². The van der Waals surface area contributed by atoms with E-state index in [0.29, 0.717) is 12.1 Å². The lowest BCUT2D eigenvalue weighted by molar-refractivity contribution is 0.00578. The van der Waals surface area contributed by atoms with Gasteiger partial charge in [0.25, 0.3) is 0 Å². The van der Waals surface area contributed by atoms with Gasteiger partial charge in [-0.2, -0.15) is 5.26 Å². The van der Waals surface area contributed by atoms with Crippen molar-refractivity contribution in [3.63, 3.8) is 0 Å². The minimum atomic E-state index is -0.703. The molecule has 0 radical (unpaired) electrons. The average Bonchev–Trinajstić information content (AvgIpc) is 3.65. The van der Waals surface area contributed by atoms with Crippen LogP contribution in [0.3, 0.4) is 0 Å². The number of hydrogen-bond acceptors (Lipinski definition) is 7. The Morgan fingerprint density at radius 1 is 0.771 bits per heavy atom. The molecule has 1 saturated heterocycles. The Morgan fingerprint density at radius 3 is 1.79 bits per heavy atom. The fourth-order valence-electron chi connectivity index (χ4n) is 6.52.